The highest BCUT2D eigenvalue weighted by molar-refractivity contribution is 5.85. The highest BCUT2D eigenvalue weighted by Crippen LogP contribution is 2.09. The van der Waals surface area contributed by atoms with Crippen molar-refractivity contribution in [1.29, 1.82) is 0 Å². The van der Waals surface area contributed by atoms with E-state index in [1.165, 1.54) is 0 Å². The Morgan fingerprint density at radius 2 is 2.31 bits per heavy atom. The van der Waals surface area contributed by atoms with Gasteiger partial charge in [-0.25, -0.2) is 0 Å². The minimum Gasteiger partial charge on any atom is -0.340 e. The molecular weight excluding hydrogens is 226 g/mol. The first-order valence-electron chi connectivity index (χ1n) is 5.13. The zero-order valence-corrected chi connectivity index (χ0v) is 10.0. The molecule has 1 aromatic rings. The maximum Gasteiger partial charge on any atom is 0.228 e. The van der Waals surface area contributed by atoms with E-state index in [9.17, 15) is 4.79 Å². The topological polar surface area (TPSA) is 45.2 Å². The van der Waals surface area contributed by atoms with E-state index >= 15 is 0 Å². The molecule has 88 valence electrons. The zero-order valence-electron chi connectivity index (χ0n) is 9.22. The van der Waals surface area contributed by atoms with Crippen molar-refractivity contribution >= 4 is 18.3 Å². The molecule has 2 heterocycles. The van der Waals surface area contributed by atoms with E-state index in [-0.39, 0.29) is 24.2 Å². The van der Waals surface area contributed by atoms with Gasteiger partial charge in [0, 0.05) is 26.3 Å². The molecule has 1 saturated heterocycles. The maximum atomic E-state index is 11.8. The Bertz CT molecular complexity index is 340. The number of aromatic nitrogens is 1. The Kier molecular flexibility index (Phi) is 4.71. The summed E-state index contributed by atoms with van der Waals surface area (Å²) in [5.41, 5.74) is 0.931. The van der Waals surface area contributed by atoms with Gasteiger partial charge in [0.25, 0.3) is 0 Å². The minimum atomic E-state index is 0. The summed E-state index contributed by atoms with van der Waals surface area (Å²) in [5, 5.41) is 3.10. The van der Waals surface area contributed by atoms with Gasteiger partial charge in [-0.15, -0.1) is 12.4 Å². The van der Waals surface area contributed by atoms with Crippen LogP contribution >= 0.6 is 12.4 Å². The Balaban J connectivity index is 0.00000128. The third kappa shape index (κ3) is 2.93. The number of carbonyl (C=O) groups is 1. The van der Waals surface area contributed by atoms with Crippen LogP contribution in [-0.2, 0) is 11.3 Å². The fraction of sp³-hybridized carbons (Fsp3) is 0.455. The molecule has 5 heteroatoms. The van der Waals surface area contributed by atoms with E-state index in [1.54, 1.807) is 11.1 Å². The lowest BCUT2D eigenvalue weighted by Crippen LogP contribution is -2.51. The SMILES string of the molecule is CN(Cc1ccccn1)C(=O)C1CNC1.Cl. The first kappa shape index (κ1) is 12.9. The lowest BCUT2D eigenvalue weighted by Gasteiger charge is -2.30. The number of pyridine rings is 1. The highest BCUT2D eigenvalue weighted by atomic mass is 35.5. The molecule has 0 aromatic carbocycles. The van der Waals surface area contributed by atoms with Crippen LogP contribution in [0, 0.1) is 5.92 Å². The number of hydrogen-bond donors (Lipinski definition) is 1. The van der Waals surface area contributed by atoms with Gasteiger partial charge in [0.1, 0.15) is 0 Å². The van der Waals surface area contributed by atoms with Crippen LogP contribution in [0.4, 0.5) is 0 Å². The van der Waals surface area contributed by atoms with Crippen LogP contribution in [0.5, 0.6) is 0 Å². The van der Waals surface area contributed by atoms with Crippen LogP contribution in [0.15, 0.2) is 24.4 Å². The van der Waals surface area contributed by atoms with Gasteiger partial charge in [0.05, 0.1) is 18.2 Å². The summed E-state index contributed by atoms with van der Waals surface area (Å²) in [7, 11) is 1.83. The summed E-state index contributed by atoms with van der Waals surface area (Å²) in [4.78, 5) is 17.7. The van der Waals surface area contributed by atoms with E-state index < -0.39 is 0 Å². The van der Waals surface area contributed by atoms with Crippen molar-refractivity contribution in [2.24, 2.45) is 5.92 Å². The predicted molar refractivity (Wildman–Crippen MR) is 64.3 cm³/mol. The normalized spacial score (nSPS) is 14.8. The first-order valence-corrected chi connectivity index (χ1v) is 5.13. The van der Waals surface area contributed by atoms with Crippen molar-refractivity contribution in [2.75, 3.05) is 20.1 Å². The van der Waals surface area contributed by atoms with E-state index in [1.807, 2.05) is 25.2 Å². The predicted octanol–water partition coefficient (Wildman–Crippen LogP) is 0.681. The summed E-state index contributed by atoms with van der Waals surface area (Å²) in [5.74, 6) is 0.373. The smallest absolute Gasteiger partial charge is 0.228 e. The maximum absolute atomic E-state index is 11.8. The molecule has 0 unspecified atom stereocenters. The second kappa shape index (κ2) is 5.82. The van der Waals surface area contributed by atoms with Gasteiger partial charge in [-0.1, -0.05) is 6.07 Å². The summed E-state index contributed by atoms with van der Waals surface area (Å²) >= 11 is 0. The van der Waals surface area contributed by atoms with E-state index in [2.05, 4.69) is 10.3 Å². The summed E-state index contributed by atoms with van der Waals surface area (Å²) in [6.45, 7) is 2.22. The molecule has 2 rings (SSSR count). The molecular formula is C11H16ClN3O. The molecule has 1 N–H and O–H groups in total. The van der Waals surface area contributed by atoms with Gasteiger partial charge in [-0.3, -0.25) is 9.78 Å². The lowest BCUT2D eigenvalue weighted by molar-refractivity contribution is -0.136. The second-order valence-corrected chi connectivity index (χ2v) is 3.87. The van der Waals surface area contributed by atoms with Crippen LogP contribution in [0.1, 0.15) is 5.69 Å². The Hall–Kier alpha value is -1.13. The van der Waals surface area contributed by atoms with Crippen LogP contribution in [0.25, 0.3) is 0 Å². The number of nitrogens with zero attached hydrogens (tertiary/aromatic N) is 2. The fourth-order valence-electron chi connectivity index (χ4n) is 1.59. The molecule has 1 amide bonds. The van der Waals surface area contributed by atoms with Gasteiger partial charge < -0.3 is 10.2 Å². The van der Waals surface area contributed by atoms with Crippen LogP contribution in [0.3, 0.4) is 0 Å². The third-order valence-electron chi connectivity index (χ3n) is 2.63. The molecule has 0 spiro atoms. The average molecular weight is 242 g/mol. The zero-order chi connectivity index (χ0) is 10.7. The van der Waals surface area contributed by atoms with Gasteiger partial charge in [0.2, 0.25) is 5.91 Å². The van der Waals surface area contributed by atoms with Crippen LogP contribution in [0.2, 0.25) is 0 Å². The summed E-state index contributed by atoms with van der Waals surface area (Å²) < 4.78 is 0. The number of carbonyl (C=O) groups excluding carboxylic acids is 1. The molecule has 1 fully saturated rings. The van der Waals surface area contributed by atoms with Crippen molar-refractivity contribution in [1.82, 2.24) is 15.2 Å². The van der Waals surface area contributed by atoms with Crippen molar-refractivity contribution in [3.63, 3.8) is 0 Å². The van der Waals surface area contributed by atoms with E-state index in [4.69, 9.17) is 0 Å². The molecule has 0 saturated carbocycles. The third-order valence-corrected chi connectivity index (χ3v) is 2.63. The molecule has 1 aliphatic rings. The number of halogens is 1. The van der Waals surface area contributed by atoms with Gasteiger partial charge >= 0.3 is 0 Å². The number of rotatable bonds is 3. The van der Waals surface area contributed by atoms with Gasteiger partial charge in [-0.05, 0) is 12.1 Å². The average Bonchev–Trinajstić information content (AvgIpc) is 2.16. The second-order valence-electron chi connectivity index (χ2n) is 3.87. The van der Waals surface area contributed by atoms with E-state index in [0.717, 1.165) is 18.8 Å². The molecule has 4 nitrogen and oxygen atoms in total. The molecule has 0 bridgehead atoms. The number of hydrogen-bond acceptors (Lipinski definition) is 3. The van der Waals surface area contributed by atoms with Crippen molar-refractivity contribution in [3.8, 4) is 0 Å². The molecule has 1 aliphatic heterocycles. The summed E-state index contributed by atoms with van der Waals surface area (Å²) in [6.07, 6.45) is 1.75. The Morgan fingerprint density at radius 1 is 1.56 bits per heavy atom. The highest BCUT2D eigenvalue weighted by Gasteiger charge is 2.27. The fourth-order valence-corrected chi connectivity index (χ4v) is 1.59. The van der Waals surface area contributed by atoms with Crippen LogP contribution in [-0.4, -0.2) is 35.9 Å². The molecule has 0 radical (unpaired) electrons. The molecule has 0 aliphatic carbocycles. The van der Waals surface area contributed by atoms with Crippen molar-refractivity contribution in [3.05, 3.63) is 30.1 Å². The van der Waals surface area contributed by atoms with Gasteiger partial charge in [-0.2, -0.15) is 0 Å². The first-order chi connectivity index (χ1) is 7.27. The van der Waals surface area contributed by atoms with Gasteiger partial charge in [0.15, 0.2) is 0 Å². The monoisotopic (exact) mass is 241 g/mol. The largest absolute Gasteiger partial charge is 0.340 e. The number of amides is 1. The lowest BCUT2D eigenvalue weighted by atomic mass is 10.0. The Morgan fingerprint density at radius 3 is 2.81 bits per heavy atom. The quantitative estimate of drug-likeness (QED) is 0.847. The van der Waals surface area contributed by atoms with Crippen molar-refractivity contribution in [2.45, 2.75) is 6.54 Å². The van der Waals surface area contributed by atoms with Crippen molar-refractivity contribution < 1.29 is 4.79 Å². The molecule has 1 aromatic heterocycles. The van der Waals surface area contributed by atoms with Crippen LogP contribution < -0.4 is 5.32 Å². The molecule has 16 heavy (non-hydrogen) atoms. The summed E-state index contributed by atoms with van der Waals surface area (Å²) in [6, 6.07) is 5.75. The Labute approximate surface area is 101 Å². The number of nitrogens with one attached hydrogen (secondary N) is 1. The van der Waals surface area contributed by atoms with E-state index in [0.29, 0.717) is 6.54 Å². The minimum absolute atomic E-state index is 0. The standard InChI is InChI=1S/C11H15N3O.ClH/c1-14(11(15)9-6-12-7-9)8-10-4-2-3-5-13-10;/h2-5,9,12H,6-8H2,1H3;1H. The molecule has 0 atom stereocenters.